The molecule has 134 valence electrons. The summed E-state index contributed by atoms with van der Waals surface area (Å²) in [7, 11) is 0. The van der Waals surface area contributed by atoms with Gasteiger partial charge in [-0.2, -0.15) is 0 Å². The maximum absolute atomic E-state index is 12.3. The molecule has 1 saturated heterocycles. The summed E-state index contributed by atoms with van der Waals surface area (Å²) in [5.74, 6) is -0.127. The number of furan rings is 1. The van der Waals surface area contributed by atoms with Crippen molar-refractivity contribution in [3.63, 3.8) is 0 Å². The van der Waals surface area contributed by atoms with E-state index in [1.807, 2.05) is 24.3 Å². The summed E-state index contributed by atoms with van der Waals surface area (Å²) < 4.78 is 6.56. The molecule has 26 heavy (non-hydrogen) atoms. The number of hydrogen-bond donors (Lipinski definition) is 1. The summed E-state index contributed by atoms with van der Waals surface area (Å²) in [6.07, 6.45) is 4.41. The van der Waals surface area contributed by atoms with Crippen LogP contribution in [-0.4, -0.2) is 50.8 Å². The van der Waals surface area contributed by atoms with Crippen LogP contribution < -0.4 is 5.32 Å². The van der Waals surface area contributed by atoms with Crippen molar-refractivity contribution in [1.29, 1.82) is 0 Å². The number of benzene rings is 1. The van der Waals surface area contributed by atoms with Crippen LogP contribution in [0.5, 0.6) is 0 Å². The summed E-state index contributed by atoms with van der Waals surface area (Å²) in [6, 6.07) is 9.27. The van der Waals surface area contributed by atoms with E-state index in [0.29, 0.717) is 18.7 Å². The number of rotatable bonds is 4. The van der Waals surface area contributed by atoms with Crippen molar-refractivity contribution in [2.24, 2.45) is 0 Å². The van der Waals surface area contributed by atoms with Gasteiger partial charge in [-0.15, -0.1) is 5.10 Å². The number of aromatic nitrogens is 3. The van der Waals surface area contributed by atoms with Gasteiger partial charge in [0.25, 0.3) is 5.91 Å². The van der Waals surface area contributed by atoms with Gasteiger partial charge in [0.05, 0.1) is 17.3 Å². The number of nitrogens with one attached hydrogen (secondary N) is 1. The number of likely N-dealkylation sites (tertiary alicyclic amines) is 1. The number of para-hydroxylation sites is 1. The molecule has 0 saturated carbocycles. The summed E-state index contributed by atoms with van der Waals surface area (Å²) in [6.45, 7) is 1.36. The summed E-state index contributed by atoms with van der Waals surface area (Å²) in [5, 5.41) is 11.1. The molecule has 4 rings (SSSR count). The van der Waals surface area contributed by atoms with Crippen molar-refractivity contribution < 1.29 is 14.0 Å². The number of nitrogens with zero attached hydrogens (tertiary/aromatic N) is 4. The van der Waals surface area contributed by atoms with Crippen LogP contribution in [0.4, 0.5) is 0 Å². The highest BCUT2D eigenvalue weighted by Crippen LogP contribution is 2.15. The van der Waals surface area contributed by atoms with E-state index in [4.69, 9.17) is 4.42 Å². The third-order valence-corrected chi connectivity index (χ3v) is 4.63. The van der Waals surface area contributed by atoms with Crippen molar-refractivity contribution in [2.75, 3.05) is 13.1 Å². The number of piperidine rings is 1. The Morgan fingerprint density at radius 1 is 1.19 bits per heavy atom. The summed E-state index contributed by atoms with van der Waals surface area (Å²) in [5.41, 5.74) is 2.17. The van der Waals surface area contributed by atoms with Crippen LogP contribution in [0.1, 0.15) is 23.2 Å². The fraction of sp³-hybridized carbons (Fsp3) is 0.333. The van der Waals surface area contributed by atoms with Crippen molar-refractivity contribution in [1.82, 2.24) is 25.2 Å². The Morgan fingerprint density at radius 2 is 2.00 bits per heavy atom. The molecule has 0 atom stereocenters. The average Bonchev–Trinajstić information content (AvgIpc) is 3.32. The highest BCUT2D eigenvalue weighted by atomic mass is 16.3. The fourth-order valence-electron chi connectivity index (χ4n) is 3.24. The zero-order chi connectivity index (χ0) is 17.9. The maximum atomic E-state index is 12.3. The lowest BCUT2D eigenvalue weighted by molar-refractivity contribution is -0.122. The summed E-state index contributed by atoms with van der Waals surface area (Å²) in [4.78, 5) is 26.4. The molecule has 0 radical (unpaired) electrons. The number of carbonyl (C=O) groups excluding carboxylic acids is 2. The van der Waals surface area contributed by atoms with Gasteiger partial charge in [-0.05, 0) is 31.0 Å². The zero-order valence-electron chi connectivity index (χ0n) is 14.2. The Labute approximate surface area is 149 Å². The van der Waals surface area contributed by atoms with E-state index in [2.05, 4.69) is 15.6 Å². The molecule has 1 aliphatic heterocycles. The molecule has 2 aromatic heterocycles. The fourth-order valence-corrected chi connectivity index (χ4v) is 3.24. The molecule has 0 aliphatic carbocycles. The highest BCUT2D eigenvalue weighted by molar-refractivity contribution is 5.93. The molecule has 1 N–H and O–H groups in total. The van der Waals surface area contributed by atoms with Crippen molar-refractivity contribution >= 4 is 22.8 Å². The minimum Gasteiger partial charge on any atom is -0.472 e. The van der Waals surface area contributed by atoms with E-state index in [-0.39, 0.29) is 24.4 Å². The van der Waals surface area contributed by atoms with Gasteiger partial charge in [0.15, 0.2) is 0 Å². The van der Waals surface area contributed by atoms with Crippen LogP contribution in [0, 0.1) is 0 Å². The molecule has 0 bridgehead atoms. The first kappa shape index (κ1) is 16.3. The minimum absolute atomic E-state index is 0.0300. The molecule has 2 amide bonds. The molecule has 3 heterocycles. The van der Waals surface area contributed by atoms with Gasteiger partial charge in [0.2, 0.25) is 5.91 Å². The van der Waals surface area contributed by atoms with Gasteiger partial charge >= 0.3 is 0 Å². The van der Waals surface area contributed by atoms with Crippen LogP contribution in [-0.2, 0) is 11.3 Å². The maximum Gasteiger partial charge on any atom is 0.257 e. The lowest BCUT2D eigenvalue weighted by Gasteiger charge is -2.32. The van der Waals surface area contributed by atoms with Crippen LogP contribution in [0.25, 0.3) is 11.0 Å². The summed E-state index contributed by atoms with van der Waals surface area (Å²) >= 11 is 0. The number of carbonyl (C=O) groups is 2. The van der Waals surface area contributed by atoms with Crippen molar-refractivity contribution in [3.8, 4) is 0 Å². The zero-order valence-corrected chi connectivity index (χ0v) is 14.2. The van der Waals surface area contributed by atoms with Gasteiger partial charge in [0, 0.05) is 19.1 Å². The number of fused-ring (bicyclic) bond motifs is 1. The van der Waals surface area contributed by atoms with Crippen LogP contribution in [0.3, 0.4) is 0 Å². The third-order valence-electron chi connectivity index (χ3n) is 4.63. The van der Waals surface area contributed by atoms with Gasteiger partial charge in [-0.3, -0.25) is 9.59 Å². The number of amides is 2. The van der Waals surface area contributed by atoms with Gasteiger partial charge in [0.1, 0.15) is 18.3 Å². The highest BCUT2D eigenvalue weighted by Gasteiger charge is 2.25. The predicted molar refractivity (Wildman–Crippen MR) is 93.3 cm³/mol. The molecule has 1 aromatic carbocycles. The lowest BCUT2D eigenvalue weighted by Crippen LogP contribution is -2.47. The molecular formula is C18H19N5O3. The molecule has 1 aliphatic rings. The molecule has 8 heteroatoms. The van der Waals surface area contributed by atoms with E-state index in [1.54, 1.807) is 15.6 Å². The first-order chi connectivity index (χ1) is 12.7. The molecule has 1 fully saturated rings. The van der Waals surface area contributed by atoms with Crippen molar-refractivity contribution in [3.05, 3.63) is 48.4 Å². The Kier molecular flexibility index (Phi) is 4.39. The first-order valence-electron chi connectivity index (χ1n) is 8.60. The monoisotopic (exact) mass is 353 g/mol. The minimum atomic E-state index is -0.0970. The van der Waals surface area contributed by atoms with Crippen molar-refractivity contribution in [2.45, 2.75) is 25.4 Å². The van der Waals surface area contributed by atoms with E-state index >= 15 is 0 Å². The predicted octanol–water partition coefficient (Wildman–Crippen LogP) is 1.45. The Morgan fingerprint density at radius 3 is 2.77 bits per heavy atom. The Balaban J connectivity index is 1.30. The number of hydrogen-bond acceptors (Lipinski definition) is 5. The van der Waals surface area contributed by atoms with E-state index in [9.17, 15) is 9.59 Å². The van der Waals surface area contributed by atoms with E-state index in [0.717, 1.165) is 23.9 Å². The van der Waals surface area contributed by atoms with E-state index in [1.165, 1.54) is 12.5 Å². The molecule has 0 unspecified atom stereocenters. The smallest absolute Gasteiger partial charge is 0.257 e. The molecular weight excluding hydrogens is 334 g/mol. The van der Waals surface area contributed by atoms with Crippen LogP contribution >= 0.6 is 0 Å². The van der Waals surface area contributed by atoms with E-state index < -0.39 is 0 Å². The van der Waals surface area contributed by atoms with Crippen LogP contribution in [0.2, 0.25) is 0 Å². The topological polar surface area (TPSA) is 93.3 Å². The molecule has 8 nitrogen and oxygen atoms in total. The molecule has 3 aromatic rings. The largest absolute Gasteiger partial charge is 0.472 e. The normalized spacial score (nSPS) is 15.3. The van der Waals surface area contributed by atoms with Gasteiger partial charge in [-0.25, -0.2) is 4.68 Å². The first-order valence-corrected chi connectivity index (χ1v) is 8.60. The standard InChI is InChI=1S/C18H19N5O3/c24-17(11-23-16-4-2-1-3-15(16)20-21-23)19-14-5-8-22(9-6-14)18(25)13-7-10-26-12-13/h1-4,7,10,12,14H,5-6,8-9,11H2,(H,19,24). The quantitative estimate of drug-likeness (QED) is 0.766. The second-order valence-corrected chi connectivity index (χ2v) is 6.38. The molecule has 0 spiro atoms. The Hall–Kier alpha value is -3.16. The lowest BCUT2D eigenvalue weighted by atomic mass is 10.0. The SMILES string of the molecule is O=C(Cn1nnc2ccccc21)NC1CCN(C(=O)c2ccoc2)CC1. The average molecular weight is 353 g/mol. The Bertz CT molecular complexity index is 910. The second kappa shape index (κ2) is 6.99. The third kappa shape index (κ3) is 3.30. The van der Waals surface area contributed by atoms with Gasteiger partial charge < -0.3 is 14.6 Å². The second-order valence-electron chi connectivity index (χ2n) is 6.38. The van der Waals surface area contributed by atoms with Gasteiger partial charge in [-0.1, -0.05) is 17.3 Å². The van der Waals surface area contributed by atoms with Crippen LogP contribution in [0.15, 0.2) is 47.3 Å².